The van der Waals surface area contributed by atoms with Gasteiger partial charge in [0.05, 0.1) is 5.69 Å². The first-order valence-electron chi connectivity index (χ1n) is 8.74. The number of hydrogen-bond acceptors (Lipinski definition) is 3. The molecule has 0 amide bonds. The third-order valence-electron chi connectivity index (χ3n) is 3.92. The van der Waals surface area contributed by atoms with Gasteiger partial charge in [0.2, 0.25) is 0 Å². The van der Waals surface area contributed by atoms with Gasteiger partial charge in [0.25, 0.3) is 0 Å². The first-order valence-corrected chi connectivity index (χ1v) is 8.74. The van der Waals surface area contributed by atoms with E-state index in [1.807, 2.05) is 36.5 Å². The summed E-state index contributed by atoms with van der Waals surface area (Å²) in [5.74, 6) is 2.06. The van der Waals surface area contributed by atoms with Crippen molar-refractivity contribution in [2.45, 2.75) is 26.4 Å². The van der Waals surface area contributed by atoms with Crippen LogP contribution in [0.3, 0.4) is 0 Å². The number of halogens is 1. The molecule has 0 radical (unpaired) electrons. The Labute approximate surface area is 153 Å². The van der Waals surface area contributed by atoms with E-state index < -0.39 is 6.17 Å². The van der Waals surface area contributed by atoms with Crippen LogP contribution in [0.25, 0.3) is 11.3 Å². The van der Waals surface area contributed by atoms with Crippen molar-refractivity contribution in [2.75, 3.05) is 6.61 Å². The molecule has 134 valence electrons. The summed E-state index contributed by atoms with van der Waals surface area (Å²) in [6, 6.07) is 19.1. The normalized spacial score (nSPS) is 11.8. The molecule has 1 aromatic heterocycles. The molecule has 3 nitrogen and oxygen atoms in total. The summed E-state index contributed by atoms with van der Waals surface area (Å²) in [5, 5.41) is 0. The van der Waals surface area contributed by atoms with Gasteiger partial charge in [0, 0.05) is 11.8 Å². The van der Waals surface area contributed by atoms with E-state index in [9.17, 15) is 4.39 Å². The molecule has 1 unspecified atom stereocenters. The number of rotatable bonds is 7. The third-order valence-corrected chi connectivity index (χ3v) is 3.92. The van der Waals surface area contributed by atoms with E-state index >= 15 is 0 Å². The maximum absolute atomic E-state index is 12.8. The van der Waals surface area contributed by atoms with Crippen LogP contribution < -0.4 is 9.47 Å². The summed E-state index contributed by atoms with van der Waals surface area (Å²) in [7, 11) is 0. The second kappa shape index (κ2) is 8.48. The van der Waals surface area contributed by atoms with E-state index in [1.165, 1.54) is 12.5 Å². The second-order valence-electron chi connectivity index (χ2n) is 6.09. The van der Waals surface area contributed by atoms with Crippen LogP contribution in [-0.4, -0.2) is 17.8 Å². The minimum atomic E-state index is -0.989. The molecule has 0 bridgehead atoms. The molecule has 0 N–H and O–H groups in total. The van der Waals surface area contributed by atoms with Gasteiger partial charge in [0.1, 0.15) is 30.0 Å². The van der Waals surface area contributed by atoms with Gasteiger partial charge in [-0.1, -0.05) is 13.0 Å². The quantitative estimate of drug-likeness (QED) is 0.536. The van der Waals surface area contributed by atoms with Gasteiger partial charge in [-0.05, 0) is 73.5 Å². The fourth-order valence-corrected chi connectivity index (χ4v) is 2.45. The number of benzene rings is 2. The third kappa shape index (κ3) is 4.82. The molecule has 3 rings (SSSR count). The smallest absolute Gasteiger partial charge is 0.131 e. The van der Waals surface area contributed by atoms with Crippen LogP contribution in [0.4, 0.5) is 4.39 Å². The summed E-state index contributed by atoms with van der Waals surface area (Å²) in [5.41, 5.74) is 3.21. The molecule has 0 aliphatic heterocycles. The number of ether oxygens (including phenoxy) is 2. The molecule has 0 saturated carbocycles. The monoisotopic (exact) mass is 351 g/mol. The number of hydrogen-bond donors (Lipinski definition) is 0. The van der Waals surface area contributed by atoms with Crippen molar-refractivity contribution < 1.29 is 13.9 Å². The highest BCUT2D eigenvalue weighted by Crippen LogP contribution is 2.26. The van der Waals surface area contributed by atoms with Gasteiger partial charge < -0.3 is 9.47 Å². The van der Waals surface area contributed by atoms with E-state index in [4.69, 9.17) is 9.47 Å². The van der Waals surface area contributed by atoms with E-state index in [0.29, 0.717) is 11.5 Å². The summed E-state index contributed by atoms with van der Waals surface area (Å²) in [6.45, 7) is 3.63. The Morgan fingerprint density at radius 1 is 0.885 bits per heavy atom. The molecule has 26 heavy (non-hydrogen) atoms. The van der Waals surface area contributed by atoms with Crippen molar-refractivity contribution in [1.29, 1.82) is 0 Å². The Bertz CT molecular complexity index is 812. The largest absolute Gasteiger partial charge is 0.491 e. The lowest BCUT2D eigenvalue weighted by Gasteiger charge is -2.09. The zero-order chi connectivity index (χ0) is 18.4. The lowest BCUT2D eigenvalue weighted by molar-refractivity contribution is 0.209. The van der Waals surface area contributed by atoms with Crippen molar-refractivity contribution in [1.82, 2.24) is 4.98 Å². The molecule has 0 aliphatic carbocycles. The van der Waals surface area contributed by atoms with Crippen molar-refractivity contribution in [2.24, 2.45) is 0 Å². The Hall–Kier alpha value is -2.88. The van der Waals surface area contributed by atoms with Crippen molar-refractivity contribution in [3.05, 3.63) is 72.4 Å². The topological polar surface area (TPSA) is 31.4 Å². The first-order chi connectivity index (χ1) is 12.6. The van der Waals surface area contributed by atoms with Crippen LogP contribution in [0.15, 0.2) is 66.9 Å². The van der Waals surface area contributed by atoms with Crippen molar-refractivity contribution >= 4 is 0 Å². The SMILES string of the molecule is CCc1ccc(-c2ccc(Oc3ccc(OCC(C)F)cc3)cc2)nc1. The molecule has 0 aliphatic rings. The maximum Gasteiger partial charge on any atom is 0.131 e. The highest BCUT2D eigenvalue weighted by Gasteiger charge is 2.03. The summed E-state index contributed by atoms with van der Waals surface area (Å²) >= 11 is 0. The molecule has 1 heterocycles. The Kier molecular flexibility index (Phi) is 5.84. The molecule has 3 aromatic rings. The van der Waals surface area contributed by atoms with Gasteiger partial charge in [-0.2, -0.15) is 0 Å². The molecular weight excluding hydrogens is 329 g/mol. The summed E-state index contributed by atoms with van der Waals surface area (Å²) < 4.78 is 23.9. The molecule has 4 heteroatoms. The maximum atomic E-state index is 12.8. The summed E-state index contributed by atoms with van der Waals surface area (Å²) in [6.07, 6.45) is 1.90. The predicted octanol–water partition coefficient (Wildman–Crippen LogP) is 5.84. The van der Waals surface area contributed by atoms with Gasteiger partial charge in [-0.15, -0.1) is 0 Å². The van der Waals surface area contributed by atoms with E-state index in [1.54, 1.807) is 24.3 Å². The average molecular weight is 351 g/mol. The van der Waals surface area contributed by atoms with E-state index in [-0.39, 0.29) is 6.61 Å². The van der Waals surface area contributed by atoms with Crippen LogP contribution in [0, 0.1) is 0 Å². The Morgan fingerprint density at radius 3 is 2.04 bits per heavy atom. The van der Waals surface area contributed by atoms with Crippen LogP contribution in [-0.2, 0) is 6.42 Å². The van der Waals surface area contributed by atoms with Gasteiger partial charge in [-0.25, -0.2) is 4.39 Å². The molecule has 0 spiro atoms. The fraction of sp³-hybridized carbons (Fsp3) is 0.227. The average Bonchev–Trinajstić information content (AvgIpc) is 2.68. The molecular formula is C22H22FNO2. The zero-order valence-electron chi connectivity index (χ0n) is 15.0. The molecule has 0 saturated heterocycles. The van der Waals surface area contributed by atoms with Crippen LogP contribution >= 0.6 is 0 Å². The predicted molar refractivity (Wildman–Crippen MR) is 102 cm³/mol. The minimum absolute atomic E-state index is 0.0505. The Balaban J connectivity index is 1.63. The van der Waals surface area contributed by atoms with Gasteiger partial charge >= 0.3 is 0 Å². The molecule has 1 atom stereocenters. The number of aryl methyl sites for hydroxylation is 1. The number of aromatic nitrogens is 1. The van der Waals surface area contributed by atoms with E-state index in [2.05, 4.69) is 18.0 Å². The van der Waals surface area contributed by atoms with Gasteiger partial charge in [0.15, 0.2) is 0 Å². The van der Waals surface area contributed by atoms with Crippen LogP contribution in [0.1, 0.15) is 19.4 Å². The Morgan fingerprint density at radius 2 is 1.50 bits per heavy atom. The number of nitrogens with zero attached hydrogens (tertiary/aromatic N) is 1. The van der Waals surface area contributed by atoms with Gasteiger partial charge in [-0.3, -0.25) is 4.98 Å². The van der Waals surface area contributed by atoms with Crippen molar-refractivity contribution in [3.8, 4) is 28.5 Å². The summed E-state index contributed by atoms with van der Waals surface area (Å²) in [4.78, 5) is 4.49. The number of alkyl halides is 1. The van der Waals surface area contributed by atoms with Crippen LogP contribution in [0.2, 0.25) is 0 Å². The van der Waals surface area contributed by atoms with Crippen LogP contribution in [0.5, 0.6) is 17.2 Å². The van der Waals surface area contributed by atoms with E-state index in [0.717, 1.165) is 23.4 Å². The highest BCUT2D eigenvalue weighted by molar-refractivity contribution is 5.60. The second-order valence-corrected chi connectivity index (χ2v) is 6.09. The standard InChI is InChI=1S/C22H22FNO2/c1-3-17-4-13-22(24-14-17)18-5-7-20(8-6-18)26-21-11-9-19(10-12-21)25-15-16(2)23/h4-14,16H,3,15H2,1-2H3. The fourth-order valence-electron chi connectivity index (χ4n) is 2.45. The zero-order valence-corrected chi connectivity index (χ0v) is 15.0. The minimum Gasteiger partial charge on any atom is -0.491 e. The van der Waals surface area contributed by atoms with Crippen molar-refractivity contribution in [3.63, 3.8) is 0 Å². The molecule has 2 aromatic carbocycles. The highest BCUT2D eigenvalue weighted by atomic mass is 19.1. The lowest BCUT2D eigenvalue weighted by atomic mass is 10.1. The molecule has 0 fully saturated rings. The number of pyridine rings is 1. The lowest BCUT2D eigenvalue weighted by Crippen LogP contribution is -2.07. The first kappa shape index (κ1) is 17.9.